The minimum absolute atomic E-state index is 0.0163. The van der Waals surface area contributed by atoms with Gasteiger partial charge in [0.1, 0.15) is 11.5 Å². The van der Waals surface area contributed by atoms with Crippen molar-refractivity contribution < 1.29 is 19.4 Å². The number of allylic oxidation sites excluding steroid dienone is 1. The van der Waals surface area contributed by atoms with E-state index in [-0.39, 0.29) is 23.1 Å². The van der Waals surface area contributed by atoms with Crippen LogP contribution in [0.3, 0.4) is 0 Å². The van der Waals surface area contributed by atoms with Gasteiger partial charge in [-0.1, -0.05) is 32.9 Å². The molecule has 1 aromatic carbocycles. The number of fused-ring (bicyclic) bond motifs is 3. The molecule has 0 aliphatic heterocycles. The van der Waals surface area contributed by atoms with Gasteiger partial charge < -0.3 is 14.6 Å². The van der Waals surface area contributed by atoms with Crippen LogP contribution in [0.2, 0.25) is 0 Å². The molecule has 1 N–H and O–H groups in total. The van der Waals surface area contributed by atoms with Crippen molar-refractivity contribution in [2.75, 3.05) is 13.7 Å². The number of ether oxygens (including phenoxy) is 2. The number of carbonyl (C=O) groups excluding carboxylic acids is 1. The lowest BCUT2D eigenvalue weighted by molar-refractivity contribution is -0.140. The fourth-order valence-corrected chi connectivity index (χ4v) is 4.87. The van der Waals surface area contributed by atoms with Crippen molar-refractivity contribution >= 4 is 5.97 Å². The van der Waals surface area contributed by atoms with E-state index in [1.165, 1.54) is 16.7 Å². The van der Waals surface area contributed by atoms with E-state index in [4.69, 9.17) is 9.47 Å². The maximum atomic E-state index is 12.5. The molecule has 0 fully saturated rings. The monoisotopic (exact) mass is 358 g/mol. The second-order valence-corrected chi connectivity index (χ2v) is 7.96. The molecule has 26 heavy (non-hydrogen) atoms. The molecular weight excluding hydrogens is 328 g/mol. The zero-order valence-electron chi connectivity index (χ0n) is 16.5. The van der Waals surface area contributed by atoms with E-state index < -0.39 is 0 Å². The molecule has 0 amide bonds. The van der Waals surface area contributed by atoms with Crippen LogP contribution >= 0.6 is 0 Å². The number of methoxy groups -OCH3 is 1. The lowest BCUT2D eigenvalue weighted by Gasteiger charge is -2.47. The van der Waals surface area contributed by atoms with E-state index >= 15 is 0 Å². The minimum Gasteiger partial charge on any atom is -0.512 e. The lowest BCUT2D eigenvalue weighted by Crippen LogP contribution is -2.43. The summed E-state index contributed by atoms with van der Waals surface area (Å²) in [6.07, 6.45) is 2.99. The van der Waals surface area contributed by atoms with E-state index in [0.29, 0.717) is 24.5 Å². The Hall–Kier alpha value is -1.97. The normalized spacial score (nSPS) is 24.9. The molecule has 142 valence electrons. The molecule has 2 aliphatic rings. The van der Waals surface area contributed by atoms with Crippen LogP contribution in [0.25, 0.3) is 0 Å². The van der Waals surface area contributed by atoms with Gasteiger partial charge in [-0.05, 0) is 48.8 Å². The zero-order chi connectivity index (χ0) is 19.1. The summed E-state index contributed by atoms with van der Waals surface area (Å²) in [6.45, 7) is 8.69. The van der Waals surface area contributed by atoms with Gasteiger partial charge in [-0.3, -0.25) is 0 Å². The first-order chi connectivity index (χ1) is 12.3. The number of aliphatic hydroxyl groups is 1. The van der Waals surface area contributed by atoms with Crippen molar-refractivity contribution in [1.82, 2.24) is 0 Å². The average molecular weight is 358 g/mol. The Bertz CT molecular complexity index is 747. The van der Waals surface area contributed by atoms with E-state index in [1.807, 2.05) is 0 Å². The predicted octanol–water partition coefficient (Wildman–Crippen LogP) is 4.81. The summed E-state index contributed by atoms with van der Waals surface area (Å²) >= 11 is 0. The smallest absolute Gasteiger partial charge is 0.337 e. The number of hydrogen-bond donors (Lipinski definition) is 1. The van der Waals surface area contributed by atoms with Crippen molar-refractivity contribution in [2.45, 2.75) is 64.7 Å². The van der Waals surface area contributed by atoms with Crippen LogP contribution in [0.4, 0.5) is 0 Å². The lowest BCUT2D eigenvalue weighted by atomic mass is 9.57. The summed E-state index contributed by atoms with van der Waals surface area (Å²) < 4.78 is 11.1. The molecule has 2 aliphatic carbocycles. The standard InChI is InChI=1S/C22H30O4/c1-6-26-21(24)19-17-10-8-15-16(22(17,4)12-11-18(19)23)9-7-14(13(2)3)20(15)25-5/h7,9,13,17,23H,6,8,10-12H2,1-5H3/t17-,22-/m0/s1. The summed E-state index contributed by atoms with van der Waals surface area (Å²) in [7, 11) is 1.74. The SMILES string of the molecule is CCOC(=O)C1=C(O)CC[C@@]2(C)c3ccc(C(C)C)c(OC)c3CC[C@@H]12. The number of hydrogen-bond acceptors (Lipinski definition) is 4. The second kappa shape index (κ2) is 6.98. The highest BCUT2D eigenvalue weighted by atomic mass is 16.5. The molecule has 0 saturated heterocycles. The third-order valence-electron chi connectivity index (χ3n) is 6.22. The summed E-state index contributed by atoms with van der Waals surface area (Å²) in [6, 6.07) is 4.38. The van der Waals surface area contributed by atoms with E-state index in [2.05, 4.69) is 32.9 Å². The first-order valence-corrected chi connectivity index (χ1v) is 9.64. The largest absolute Gasteiger partial charge is 0.512 e. The summed E-state index contributed by atoms with van der Waals surface area (Å²) in [5, 5.41) is 10.4. The molecule has 0 heterocycles. The van der Waals surface area contributed by atoms with Crippen LogP contribution in [0.15, 0.2) is 23.5 Å². The maximum Gasteiger partial charge on any atom is 0.337 e. The van der Waals surface area contributed by atoms with Crippen molar-refractivity contribution in [3.8, 4) is 5.75 Å². The van der Waals surface area contributed by atoms with Crippen LogP contribution in [-0.4, -0.2) is 24.8 Å². The number of benzene rings is 1. The van der Waals surface area contributed by atoms with E-state index in [0.717, 1.165) is 25.0 Å². The topological polar surface area (TPSA) is 55.8 Å². The number of carbonyl (C=O) groups is 1. The van der Waals surface area contributed by atoms with Crippen molar-refractivity contribution in [3.05, 3.63) is 40.2 Å². The van der Waals surface area contributed by atoms with Crippen LogP contribution in [-0.2, 0) is 21.4 Å². The van der Waals surface area contributed by atoms with Gasteiger partial charge in [0.2, 0.25) is 0 Å². The molecule has 0 saturated carbocycles. The molecule has 0 radical (unpaired) electrons. The fourth-order valence-electron chi connectivity index (χ4n) is 4.87. The molecule has 0 spiro atoms. The van der Waals surface area contributed by atoms with Gasteiger partial charge in [0.05, 0.1) is 19.3 Å². The summed E-state index contributed by atoms with van der Waals surface area (Å²) in [5.41, 5.74) is 4.04. The molecule has 1 aromatic rings. The Kier molecular flexibility index (Phi) is 5.05. The highest BCUT2D eigenvalue weighted by molar-refractivity contribution is 5.90. The highest BCUT2D eigenvalue weighted by Gasteiger charge is 2.48. The summed E-state index contributed by atoms with van der Waals surface area (Å²) in [4.78, 5) is 12.5. The summed E-state index contributed by atoms with van der Waals surface area (Å²) in [5.74, 6) is 1.22. The average Bonchev–Trinajstić information content (AvgIpc) is 2.61. The molecular formula is C22H30O4. The van der Waals surface area contributed by atoms with Gasteiger partial charge in [-0.15, -0.1) is 0 Å². The maximum absolute atomic E-state index is 12.5. The van der Waals surface area contributed by atoms with Crippen LogP contribution in [0.1, 0.15) is 69.6 Å². The van der Waals surface area contributed by atoms with Crippen molar-refractivity contribution in [3.63, 3.8) is 0 Å². The molecule has 2 atom stereocenters. The Morgan fingerprint density at radius 1 is 1.35 bits per heavy atom. The third-order valence-corrected chi connectivity index (χ3v) is 6.22. The van der Waals surface area contributed by atoms with Crippen LogP contribution < -0.4 is 4.74 Å². The quantitative estimate of drug-likeness (QED) is 0.785. The number of esters is 1. The molecule has 0 unspecified atom stereocenters. The number of rotatable bonds is 4. The van der Waals surface area contributed by atoms with E-state index in [9.17, 15) is 9.90 Å². The Morgan fingerprint density at radius 3 is 2.69 bits per heavy atom. The fraction of sp³-hybridized carbons (Fsp3) is 0.591. The highest BCUT2D eigenvalue weighted by Crippen LogP contribution is 2.54. The van der Waals surface area contributed by atoms with Crippen LogP contribution in [0.5, 0.6) is 5.75 Å². The Balaban J connectivity index is 2.11. The van der Waals surface area contributed by atoms with Crippen molar-refractivity contribution in [2.24, 2.45) is 5.92 Å². The molecule has 0 aromatic heterocycles. The van der Waals surface area contributed by atoms with E-state index in [1.54, 1.807) is 14.0 Å². The number of aliphatic hydroxyl groups excluding tert-OH is 1. The molecule has 0 bridgehead atoms. The van der Waals surface area contributed by atoms with Crippen molar-refractivity contribution in [1.29, 1.82) is 0 Å². The molecule has 4 heteroatoms. The third kappa shape index (κ3) is 2.80. The van der Waals surface area contributed by atoms with Gasteiger partial charge >= 0.3 is 5.97 Å². The Morgan fingerprint density at radius 2 is 2.08 bits per heavy atom. The molecule has 3 rings (SSSR count). The Labute approximate surface area is 156 Å². The van der Waals surface area contributed by atoms with Gasteiger partial charge in [0, 0.05) is 17.8 Å². The van der Waals surface area contributed by atoms with Gasteiger partial charge in [-0.25, -0.2) is 4.79 Å². The predicted molar refractivity (Wildman–Crippen MR) is 102 cm³/mol. The minimum atomic E-state index is -0.366. The van der Waals surface area contributed by atoms with Gasteiger partial charge in [-0.2, -0.15) is 0 Å². The zero-order valence-corrected chi connectivity index (χ0v) is 16.5. The van der Waals surface area contributed by atoms with Crippen LogP contribution in [0, 0.1) is 5.92 Å². The first-order valence-electron chi connectivity index (χ1n) is 9.64. The van der Waals surface area contributed by atoms with Gasteiger partial charge in [0.15, 0.2) is 0 Å². The second-order valence-electron chi connectivity index (χ2n) is 7.96. The van der Waals surface area contributed by atoms with Gasteiger partial charge in [0.25, 0.3) is 0 Å². The first kappa shape index (κ1) is 18.8. The molecule has 4 nitrogen and oxygen atoms in total.